The molecule has 2 N–H and O–H groups in total. The van der Waals surface area contributed by atoms with Gasteiger partial charge in [0.1, 0.15) is 11.5 Å². The van der Waals surface area contributed by atoms with Crippen LogP contribution in [-0.4, -0.2) is 18.7 Å². The van der Waals surface area contributed by atoms with E-state index in [9.17, 15) is 4.79 Å². The van der Waals surface area contributed by atoms with Gasteiger partial charge in [0, 0.05) is 18.1 Å². The number of hydrogen-bond acceptors (Lipinski definition) is 4. The lowest BCUT2D eigenvalue weighted by molar-refractivity contribution is 0.147. The third-order valence-electron chi connectivity index (χ3n) is 4.74. The molecule has 0 aliphatic carbocycles. The van der Waals surface area contributed by atoms with Crippen LogP contribution in [0.25, 0.3) is 0 Å². The zero-order chi connectivity index (χ0) is 20.0. The van der Waals surface area contributed by atoms with Gasteiger partial charge in [0.05, 0.1) is 6.61 Å². The number of methoxy groups -OCH3 is 1. The van der Waals surface area contributed by atoms with Gasteiger partial charge in [-0.3, -0.25) is 0 Å². The molecule has 5 heteroatoms. The highest BCUT2D eigenvalue weighted by Gasteiger charge is 2.23. The highest BCUT2D eigenvalue weighted by molar-refractivity contribution is 5.67. The minimum absolute atomic E-state index is 0. The molecule has 3 rings (SSSR count). The molecule has 5 nitrogen and oxygen atoms in total. The van der Waals surface area contributed by atoms with E-state index in [0.717, 1.165) is 11.1 Å². The molecule has 0 aliphatic heterocycles. The predicted octanol–water partition coefficient (Wildman–Crippen LogP) is 4.91. The first kappa shape index (κ1) is 22.1. The topological polar surface area (TPSA) is 76.3 Å². The molecule has 0 aromatic heterocycles. The third-order valence-corrected chi connectivity index (χ3v) is 4.74. The van der Waals surface area contributed by atoms with Crippen LogP contribution in [0, 0.1) is 0 Å². The van der Waals surface area contributed by atoms with Crippen LogP contribution in [0.15, 0.2) is 78.9 Å². The summed E-state index contributed by atoms with van der Waals surface area (Å²) in [7, 11) is 1.59. The molecule has 3 aromatic carbocycles. The third kappa shape index (κ3) is 5.44. The van der Waals surface area contributed by atoms with E-state index in [2.05, 4.69) is 26.0 Å². The predicted molar refractivity (Wildman–Crippen MR) is 112 cm³/mol. The normalized spacial score (nSPS) is 10.7. The molecule has 0 spiro atoms. The van der Waals surface area contributed by atoms with Crippen LogP contribution in [0.5, 0.6) is 11.5 Å². The molecule has 0 fully saturated rings. The molecule has 0 aliphatic rings. The van der Waals surface area contributed by atoms with Crippen LogP contribution in [0.1, 0.15) is 30.5 Å². The van der Waals surface area contributed by atoms with Gasteiger partial charge in [-0.1, -0.05) is 74.5 Å². The standard InChI is InChI=1S/C24H24O4.H2O/c1-24(2,19-10-5-4-6-11-19)20-13-15-21(16-14-20)27-23(25)28-22-12-8-7-9-18(22)17-26-3;/h4-16H,17H2,1-3H3;1H2. The van der Waals surface area contributed by atoms with Crippen LogP contribution in [-0.2, 0) is 16.8 Å². The maximum Gasteiger partial charge on any atom is 0.519 e. The second-order valence-corrected chi connectivity index (χ2v) is 7.01. The molecule has 0 saturated heterocycles. The smallest absolute Gasteiger partial charge is 0.412 e. The Bertz CT molecular complexity index is 918. The average Bonchev–Trinajstić information content (AvgIpc) is 2.71. The summed E-state index contributed by atoms with van der Waals surface area (Å²) in [5.41, 5.74) is 2.98. The fourth-order valence-electron chi connectivity index (χ4n) is 3.05. The van der Waals surface area contributed by atoms with Gasteiger partial charge in [-0.2, -0.15) is 0 Å². The summed E-state index contributed by atoms with van der Waals surface area (Å²) in [5, 5.41) is 0. The van der Waals surface area contributed by atoms with Gasteiger partial charge in [-0.25, -0.2) is 4.79 Å². The highest BCUT2D eigenvalue weighted by Crippen LogP contribution is 2.32. The van der Waals surface area contributed by atoms with Gasteiger partial charge in [-0.05, 0) is 29.3 Å². The lowest BCUT2D eigenvalue weighted by Gasteiger charge is -2.26. The van der Waals surface area contributed by atoms with E-state index in [1.807, 2.05) is 42.5 Å². The maximum atomic E-state index is 12.2. The number of para-hydroxylation sites is 1. The maximum absolute atomic E-state index is 12.2. The molecule has 0 atom stereocenters. The lowest BCUT2D eigenvalue weighted by atomic mass is 9.78. The van der Waals surface area contributed by atoms with E-state index >= 15 is 0 Å². The van der Waals surface area contributed by atoms with E-state index in [0.29, 0.717) is 18.1 Å². The van der Waals surface area contributed by atoms with Crippen molar-refractivity contribution in [3.05, 3.63) is 95.6 Å². The molecule has 29 heavy (non-hydrogen) atoms. The molecule has 3 aromatic rings. The Hall–Kier alpha value is -3.15. The molecule has 0 saturated carbocycles. The molecule has 0 bridgehead atoms. The van der Waals surface area contributed by atoms with E-state index in [1.165, 1.54) is 5.56 Å². The second kappa shape index (κ2) is 9.87. The fraction of sp³-hybridized carbons (Fsp3) is 0.208. The van der Waals surface area contributed by atoms with Crippen molar-refractivity contribution >= 4 is 6.16 Å². The Balaban J connectivity index is 0.00000300. The molecular formula is C24H26O5. The van der Waals surface area contributed by atoms with Crippen LogP contribution < -0.4 is 9.47 Å². The fourth-order valence-corrected chi connectivity index (χ4v) is 3.05. The summed E-state index contributed by atoms with van der Waals surface area (Å²) < 4.78 is 15.8. The molecular weight excluding hydrogens is 368 g/mol. The first-order valence-electron chi connectivity index (χ1n) is 9.13. The van der Waals surface area contributed by atoms with Crippen molar-refractivity contribution in [3.63, 3.8) is 0 Å². The zero-order valence-corrected chi connectivity index (χ0v) is 16.8. The molecule has 0 amide bonds. The van der Waals surface area contributed by atoms with Gasteiger partial charge in [0.25, 0.3) is 0 Å². The van der Waals surface area contributed by atoms with Gasteiger partial charge >= 0.3 is 6.16 Å². The number of carbonyl (C=O) groups excluding carboxylic acids is 1. The van der Waals surface area contributed by atoms with Gasteiger partial charge in [-0.15, -0.1) is 0 Å². The van der Waals surface area contributed by atoms with E-state index in [1.54, 1.807) is 31.4 Å². The summed E-state index contributed by atoms with van der Waals surface area (Å²) in [4.78, 5) is 12.2. The first-order chi connectivity index (χ1) is 13.5. The van der Waals surface area contributed by atoms with Crippen molar-refractivity contribution < 1.29 is 24.5 Å². The zero-order valence-electron chi connectivity index (χ0n) is 16.8. The molecule has 0 heterocycles. The Kier molecular flexibility index (Phi) is 7.53. The summed E-state index contributed by atoms with van der Waals surface area (Å²) in [6.45, 7) is 4.69. The van der Waals surface area contributed by atoms with E-state index in [-0.39, 0.29) is 10.9 Å². The van der Waals surface area contributed by atoms with Crippen molar-refractivity contribution in [2.75, 3.05) is 7.11 Å². The quantitative estimate of drug-likeness (QED) is 0.440. The van der Waals surface area contributed by atoms with Crippen LogP contribution in [0.2, 0.25) is 0 Å². The SMILES string of the molecule is COCc1ccccc1OC(=O)Oc1ccc(C(C)(C)c2ccccc2)cc1.O. The lowest BCUT2D eigenvalue weighted by Crippen LogP contribution is -2.19. The van der Waals surface area contributed by atoms with Crippen molar-refractivity contribution in [2.45, 2.75) is 25.9 Å². The molecule has 0 radical (unpaired) electrons. The minimum Gasteiger partial charge on any atom is -0.412 e. The summed E-state index contributed by atoms with van der Waals surface area (Å²) >= 11 is 0. The Morgan fingerprint density at radius 1 is 0.793 bits per heavy atom. The van der Waals surface area contributed by atoms with Gasteiger partial charge < -0.3 is 19.7 Å². The number of hydrogen-bond donors (Lipinski definition) is 0. The van der Waals surface area contributed by atoms with Crippen LogP contribution in [0.3, 0.4) is 0 Å². The van der Waals surface area contributed by atoms with E-state index in [4.69, 9.17) is 14.2 Å². The van der Waals surface area contributed by atoms with Gasteiger partial charge in [0.2, 0.25) is 0 Å². The van der Waals surface area contributed by atoms with Gasteiger partial charge in [0.15, 0.2) is 0 Å². The largest absolute Gasteiger partial charge is 0.519 e. The Morgan fingerprint density at radius 3 is 2.03 bits per heavy atom. The molecule has 0 unspecified atom stereocenters. The van der Waals surface area contributed by atoms with Crippen molar-refractivity contribution in [3.8, 4) is 11.5 Å². The number of carbonyl (C=O) groups is 1. The number of ether oxygens (including phenoxy) is 3. The Labute approximate surface area is 171 Å². The Morgan fingerprint density at radius 2 is 1.38 bits per heavy atom. The summed E-state index contributed by atoms with van der Waals surface area (Å²) in [6.07, 6.45) is -0.779. The highest BCUT2D eigenvalue weighted by atomic mass is 16.7. The second-order valence-electron chi connectivity index (χ2n) is 7.01. The van der Waals surface area contributed by atoms with Crippen LogP contribution in [0.4, 0.5) is 4.79 Å². The van der Waals surface area contributed by atoms with Crippen LogP contribution >= 0.6 is 0 Å². The van der Waals surface area contributed by atoms with Crippen molar-refractivity contribution in [2.24, 2.45) is 0 Å². The number of benzene rings is 3. The first-order valence-corrected chi connectivity index (χ1v) is 9.13. The summed E-state index contributed by atoms with van der Waals surface area (Å²) in [6, 6.07) is 25.0. The number of rotatable bonds is 6. The minimum atomic E-state index is -0.779. The van der Waals surface area contributed by atoms with E-state index < -0.39 is 6.16 Å². The van der Waals surface area contributed by atoms with Crippen molar-refractivity contribution in [1.29, 1.82) is 0 Å². The van der Waals surface area contributed by atoms with Crippen molar-refractivity contribution in [1.82, 2.24) is 0 Å². The monoisotopic (exact) mass is 394 g/mol. The average molecular weight is 394 g/mol. The summed E-state index contributed by atoms with van der Waals surface area (Å²) in [5.74, 6) is 0.859. The molecule has 152 valence electrons.